The number of amides is 1. The average molecular weight is 556 g/mol. The highest BCUT2D eigenvalue weighted by atomic mass is 32.2. The number of ether oxygens (including phenoxy) is 1. The molecule has 0 spiro atoms. The zero-order valence-corrected chi connectivity index (χ0v) is 22.0. The van der Waals surface area contributed by atoms with Crippen LogP contribution >= 0.6 is 0 Å². The van der Waals surface area contributed by atoms with Gasteiger partial charge in [0.15, 0.2) is 0 Å². The Bertz CT molecular complexity index is 1630. The van der Waals surface area contributed by atoms with Crippen molar-refractivity contribution >= 4 is 33.0 Å². The second-order valence-corrected chi connectivity index (χ2v) is 10.3. The first-order valence-electron chi connectivity index (χ1n) is 12.0. The maximum atomic E-state index is 13.5. The summed E-state index contributed by atoms with van der Waals surface area (Å²) in [4.78, 5) is 28.3. The fraction of sp³-hybridized carbons (Fsp3) is 0.222. The summed E-state index contributed by atoms with van der Waals surface area (Å²) in [6.07, 6.45) is 0.446. The maximum Gasteiger partial charge on any atom is 0.335 e. The smallest absolute Gasteiger partial charge is 0.335 e. The van der Waals surface area contributed by atoms with Crippen LogP contribution in [-0.2, 0) is 22.2 Å². The van der Waals surface area contributed by atoms with Crippen LogP contribution in [0.3, 0.4) is 0 Å². The Morgan fingerprint density at radius 2 is 1.87 bits per heavy atom. The van der Waals surface area contributed by atoms with Crippen molar-refractivity contribution in [3.05, 3.63) is 82.8 Å². The number of carbonyl (C=O) groups is 2. The summed E-state index contributed by atoms with van der Waals surface area (Å²) in [5.41, 5.74) is 1.70. The number of benzene rings is 2. The average Bonchev–Trinajstić information content (AvgIpc) is 3.28. The number of carbonyl (C=O) groups excluding carboxylic acids is 1. The summed E-state index contributed by atoms with van der Waals surface area (Å²) in [5.74, 6) is -1.91. The number of halogens is 1. The number of hydrogen-bond donors (Lipinski definition) is 3. The van der Waals surface area contributed by atoms with Crippen molar-refractivity contribution in [2.75, 3.05) is 20.2 Å². The summed E-state index contributed by atoms with van der Waals surface area (Å²) < 4.78 is 52.9. The standard InChI is InChI=1S/C27H26FN3O7S/c1-3-16-14-21-23(25(32)29-2)24(17-7-9-19(28)10-8-17)38-26(21)31-22(16)15-39(35,36)30-11-12-37-20-6-4-5-18(13-20)27(33)34/h4-10,13-14,30H,3,11-12,15H2,1-2H3,(H,29,32)(H,33,34). The zero-order chi connectivity index (χ0) is 28.2. The minimum absolute atomic E-state index is 0.0237. The second-order valence-electron chi connectivity index (χ2n) is 8.53. The molecule has 0 saturated heterocycles. The highest BCUT2D eigenvalue weighted by molar-refractivity contribution is 7.88. The van der Waals surface area contributed by atoms with Crippen molar-refractivity contribution in [3.8, 4) is 17.1 Å². The topological polar surface area (TPSA) is 148 Å². The number of rotatable bonds is 11. The van der Waals surface area contributed by atoms with E-state index in [1.54, 1.807) is 12.1 Å². The number of aromatic nitrogens is 1. The van der Waals surface area contributed by atoms with Gasteiger partial charge in [0.05, 0.1) is 22.2 Å². The number of furan rings is 1. The van der Waals surface area contributed by atoms with E-state index in [4.69, 9.17) is 14.3 Å². The lowest BCUT2D eigenvalue weighted by Gasteiger charge is -2.11. The van der Waals surface area contributed by atoms with Gasteiger partial charge in [0.2, 0.25) is 15.7 Å². The molecule has 0 aliphatic rings. The maximum absolute atomic E-state index is 13.5. The summed E-state index contributed by atoms with van der Waals surface area (Å²) in [7, 11) is -2.37. The molecule has 2 aromatic heterocycles. The van der Waals surface area contributed by atoms with E-state index >= 15 is 0 Å². The van der Waals surface area contributed by atoms with Crippen LogP contribution in [0, 0.1) is 5.82 Å². The molecule has 0 aliphatic carbocycles. The number of nitrogens with zero attached hydrogens (tertiary/aromatic N) is 1. The molecule has 0 atom stereocenters. The second kappa shape index (κ2) is 11.6. The SMILES string of the molecule is CCc1cc2c(C(=O)NC)c(-c3ccc(F)cc3)oc2nc1CS(=O)(=O)NCCOc1cccc(C(=O)O)c1. The molecule has 204 valence electrons. The van der Waals surface area contributed by atoms with Gasteiger partial charge < -0.3 is 19.6 Å². The third-order valence-corrected chi connectivity index (χ3v) is 7.19. The van der Waals surface area contributed by atoms with Gasteiger partial charge in [-0.15, -0.1) is 0 Å². The van der Waals surface area contributed by atoms with E-state index in [1.165, 1.54) is 49.5 Å². The number of aryl methyl sites for hydroxylation is 1. The Hall–Kier alpha value is -4.29. The molecular formula is C27H26FN3O7S. The van der Waals surface area contributed by atoms with E-state index in [9.17, 15) is 22.4 Å². The predicted molar refractivity (Wildman–Crippen MR) is 142 cm³/mol. The lowest BCUT2D eigenvalue weighted by atomic mass is 10.0. The summed E-state index contributed by atoms with van der Waals surface area (Å²) in [5, 5.41) is 12.1. The lowest BCUT2D eigenvalue weighted by Crippen LogP contribution is -2.30. The van der Waals surface area contributed by atoms with Crippen LogP contribution in [0.25, 0.3) is 22.4 Å². The van der Waals surface area contributed by atoms with E-state index in [-0.39, 0.29) is 41.4 Å². The van der Waals surface area contributed by atoms with Crippen molar-refractivity contribution in [2.45, 2.75) is 19.1 Å². The van der Waals surface area contributed by atoms with E-state index in [2.05, 4.69) is 15.0 Å². The van der Waals surface area contributed by atoms with Crippen molar-refractivity contribution in [2.24, 2.45) is 0 Å². The van der Waals surface area contributed by atoms with Gasteiger partial charge in [0.25, 0.3) is 5.91 Å². The largest absolute Gasteiger partial charge is 0.492 e. The van der Waals surface area contributed by atoms with Gasteiger partial charge in [0, 0.05) is 19.2 Å². The number of sulfonamides is 1. The van der Waals surface area contributed by atoms with Crippen molar-refractivity contribution in [1.29, 1.82) is 0 Å². The van der Waals surface area contributed by atoms with E-state index in [0.717, 1.165) is 0 Å². The van der Waals surface area contributed by atoms with Crippen LogP contribution in [-0.4, -0.2) is 50.6 Å². The molecule has 10 nitrogen and oxygen atoms in total. The number of hydrogen-bond acceptors (Lipinski definition) is 7. The van der Waals surface area contributed by atoms with Crippen LogP contribution in [0.15, 0.2) is 59.0 Å². The van der Waals surface area contributed by atoms with E-state index < -0.39 is 33.5 Å². The fourth-order valence-electron chi connectivity index (χ4n) is 4.00. The van der Waals surface area contributed by atoms with Crippen LogP contribution in [0.4, 0.5) is 4.39 Å². The zero-order valence-electron chi connectivity index (χ0n) is 21.2. The first-order valence-corrected chi connectivity index (χ1v) is 13.6. The van der Waals surface area contributed by atoms with Gasteiger partial charge in [-0.2, -0.15) is 0 Å². The molecule has 0 unspecified atom stereocenters. The van der Waals surface area contributed by atoms with Gasteiger partial charge in [-0.05, 0) is 60.5 Å². The third kappa shape index (κ3) is 6.41. The molecule has 12 heteroatoms. The fourth-order valence-corrected chi connectivity index (χ4v) is 5.11. The predicted octanol–water partition coefficient (Wildman–Crippen LogP) is 3.75. The third-order valence-electron chi connectivity index (χ3n) is 5.89. The molecule has 0 bridgehead atoms. The summed E-state index contributed by atoms with van der Waals surface area (Å²) in [6.45, 7) is 1.76. The molecule has 39 heavy (non-hydrogen) atoms. The number of carboxylic acids is 1. The highest BCUT2D eigenvalue weighted by Crippen LogP contribution is 2.34. The van der Waals surface area contributed by atoms with Gasteiger partial charge in [-0.3, -0.25) is 4.79 Å². The normalized spacial score (nSPS) is 11.5. The summed E-state index contributed by atoms with van der Waals surface area (Å²) >= 11 is 0. The molecule has 1 amide bonds. The number of pyridine rings is 1. The lowest BCUT2D eigenvalue weighted by molar-refractivity contribution is 0.0696. The molecule has 4 aromatic rings. The number of carboxylic acid groups (broad SMARTS) is 1. The van der Waals surface area contributed by atoms with Crippen molar-refractivity contribution < 1.29 is 36.7 Å². The Morgan fingerprint density at radius 1 is 1.13 bits per heavy atom. The molecule has 0 aliphatic heterocycles. The van der Waals surface area contributed by atoms with Crippen molar-refractivity contribution in [3.63, 3.8) is 0 Å². The van der Waals surface area contributed by atoms with Gasteiger partial charge in [-0.1, -0.05) is 13.0 Å². The molecule has 2 heterocycles. The first kappa shape index (κ1) is 27.7. The van der Waals surface area contributed by atoms with Crippen LogP contribution in [0.2, 0.25) is 0 Å². The Balaban J connectivity index is 1.55. The molecule has 0 saturated carbocycles. The van der Waals surface area contributed by atoms with Gasteiger partial charge >= 0.3 is 5.97 Å². The van der Waals surface area contributed by atoms with Gasteiger partial charge in [-0.25, -0.2) is 27.3 Å². The molecular weight excluding hydrogens is 529 g/mol. The molecule has 4 rings (SSSR count). The van der Waals surface area contributed by atoms with Crippen molar-refractivity contribution in [1.82, 2.24) is 15.0 Å². The first-order chi connectivity index (χ1) is 18.6. The molecule has 3 N–H and O–H groups in total. The van der Waals surface area contributed by atoms with E-state index in [0.29, 0.717) is 28.7 Å². The number of nitrogens with one attached hydrogen (secondary N) is 2. The Labute approximate surface area is 223 Å². The molecule has 0 fully saturated rings. The minimum Gasteiger partial charge on any atom is -0.492 e. The van der Waals surface area contributed by atoms with E-state index in [1.807, 2.05) is 6.92 Å². The monoisotopic (exact) mass is 555 g/mol. The Kier molecular flexibility index (Phi) is 8.27. The number of aromatic carboxylic acids is 1. The van der Waals surface area contributed by atoms with Crippen LogP contribution in [0.1, 0.15) is 38.9 Å². The van der Waals surface area contributed by atoms with Crippen LogP contribution in [0.5, 0.6) is 5.75 Å². The summed E-state index contributed by atoms with van der Waals surface area (Å²) in [6, 6.07) is 13.0. The van der Waals surface area contributed by atoms with Crippen LogP contribution < -0.4 is 14.8 Å². The Morgan fingerprint density at radius 3 is 2.54 bits per heavy atom. The quantitative estimate of drug-likeness (QED) is 0.237. The molecule has 0 radical (unpaired) electrons. The molecule has 2 aromatic carbocycles. The number of fused-ring (bicyclic) bond motifs is 1. The van der Waals surface area contributed by atoms with Gasteiger partial charge in [0.1, 0.15) is 29.7 Å². The minimum atomic E-state index is -3.84. The highest BCUT2D eigenvalue weighted by Gasteiger charge is 2.25.